The molecule has 2 aromatic heterocycles. The monoisotopic (exact) mass is 232 g/mol. The molecule has 2 heterocycles. The number of hydrogen-bond donors (Lipinski definition) is 1. The van der Waals surface area contributed by atoms with Crippen LogP contribution in [0.3, 0.4) is 0 Å². The van der Waals surface area contributed by atoms with Crippen LogP contribution in [0.2, 0.25) is 0 Å². The second-order valence-corrected chi connectivity index (χ2v) is 3.97. The van der Waals surface area contributed by atoms with Gasteiger partial charge in [0, 0.05) is 23.9 Å². The fourth-order valence-electron chi connectivity index (χ4n) is 1.60. The van der Waals surface area contributed by atoms with Crippen molar-refractivity contribution in [2.75, 3.05) is 0 Å². The van der Waals surface area contributed by atoms with Gasteiger partial charge in [0.1, 0.15) is 11.3 Å². The zero-order valence-electron chi connectivity index (χ0n) is 9.54. The molecule has 2 rings (SSSR count). The highest BCUT2D eigenvalue weighted by molar-refractivity contribution is 5.95. The molecule has 0 unspecified atom stereocenters. The summed E-state index contributed by atoms with van der Waals surface area (Å²) in [6.45, 7) is 3.72. The largest absolute Gasteiger partial charge is 0.477 e. The lowest BCUT2D eigenvalue weighted by Crippen LogP contribution is -2.02. The van der Waals surface area contributed by atoms with E-state index < -0.39 is 5.97 Å². The smallest absolute Gasteiger partial charge is 0.341 e. The molecule has 0 spiro atoms. The summed E-state index contributed by atoms with van der Waals surface area (Å²) < 4.78 is 5.11. The first-order valence-corrected chi connectivity index (χ1v) is 5.24. The summed E-state index contributed by atoms with van der Waals surface area (Å²) >= 11 is 0. The summed E-state index contributed by atoms with van der Waals surface area (Å²) in [4.78, 5) is 15.2. The van der Waals surface area contributed by atoms with Crippen LogP contribution in [0, 0.1) is 0 Å². The molecule has 0 saturated carbocycles. The third kappa shape index (κ3) is 2.04. The van der Waals surface area contributed by atoms with Crippen molar-refractivity contribution >= 4 is 5.97 Å². The first kappa shape index (κ1) is 11.3. The van der Waals surface area contributed by atoms with Gasteiger partial charge in [0.25, 0.3) is 0 Å². The van der Waals surface area contributed by atoms with Crippen molar-refractivity contribution in [2.24, 2.45) is 0 Å². The van der Waals surface area contributed by atoms with Gasteiger partial charge in [0.05, 0.1) is 0 Å². The molecule has 5 heteroatoms. The summed E-state index contributed by atoms with van der Waals surface area (Å²) in [7, 11) is 0. The number of carbonyl (C=O) groups is 1. The van der Waals surface area contributed by atoms with Gasteiger partial charge in [-0.05, 0) is 12.1 Å². The zero-order chi connectivity index (χ0) is 12.4. The lowest BCUT2D eigenvalue weighted by atomic mass is 10.0. The molecule has 0 atom stereocenters. The Balaban J connectivity index is 2.60. The molecule has 5 nitrogen and oxygen atoms in total. The lowest BCUT2D eigenvalue weighted by molar-refractivity contribution is 0.0694. The molecule has 0 aromatic carbocycles. The van der Waals surface area contributed by atoms with Crippen molar-refractivity contribution in [1.82, 2.24) is 10.1 Å². The summed E-state index contributed by atoms with van der Waals surface area (Å²) in [5.74, 6) is -0.677. The van der Waals surface area contributed by atoms with Gasteiger partial charge in [0.2, 0.25) is 0 Å². The van der Waals surface area contributed by atoms with Crippen molar-refractivity contribution in [3.05, 3.63) is 35.9 Å². The maximum Gasteiger partial charge on any atom is 0.341 e. The molecule has 0 aliphatic heterocycles. The Morgan fingerprint density at radius 3 is 2.76 bits per heavy atom. The number of carboxylic acid groups (broad SMARTS) is 1. The summed E-state index contributed by atoms with van der Waals surface area (Å²) in [6, 6.07) is 3.48. The van der Waals surface area contributed by atoms with E-state index in [1.165, 1.54) is 0 Å². The molecule has 0 bridgehead atoms. The second kappa shape index (κ2) is 4.37. The number of aromatic nitrogens is 2. The van der Waals surface area contributed by atoms with E-state index >= 15 is 0 Å². The van der Waals surface area contributed by atoms with Gasteiger partial charge in [0.15, 0.2) is 5.76 Å². The standard InChI is InChI=1S/C12H12N2O3/c1-7(2)11-9(12(15)16)10(14-17-11)8-4-3-5-13-6-8/h3-7H,1-2H3,(H,15,16). The molecule has 88 valence electrons. The van der Waals surface area contributed by atoms with Gasteiger partial charge in [-0.15, -0.1) is 0 Å². The Kier molecular flexibility index (Phi) is 2.91. The summed E-state index contributed by atoms with van der Waals surface area (Å²) in [5, 5.41) is 13.1. The highest BCUT2D eigenvalue weighted by atomic mass is 16.5. The fraction of sp³-hybridized carbons (Fsp3) is 0.250. The van der Waals surface area contributed by atoms with Gasteiger partial charge < -0.3 is 9.63 Å². The average molecular weight is 232 g/mol. The van der Waals surface area contributed by atoms with Crippen LogP contribution in [0.5, 0.6) is 0 Å². The maximum atomic E-state index is 11.3. The molecular formula is C12H12N2O3. The van der Waals surface area contributed by atoms with Gasteiger partial charge >= 0.3 is 5.97 Å². The predicted octanol–water partition coefficient (Wildman–Crippen LogP) is 2.56. The Bertz CT molecular complexity index is 532. The number of pyridine rings is 1. The summed E-state index contributed by atoms with van der Waals surface area (Å²) in [5.41, 5.74) is 1.09. The predicted molar refractivity (Wildman–Crippen MR) is 60.8 cm³/mol. The Labute approximate surface area is 98.1 Å². The van der Waals surface area contributed by atoms with Crippen LogP contribution in [-0.2, 0) is 0 Å². The van der Waals surface area contributed by atoms with Crippen molar-refractivity contribution in [3.8, 4) is 11.3 Å². The first-order valence-electron chi connectivity index (χ1n) is 5.24. The molecule has 17 heavy (non-hydrogen) atoms. The normalized spacial score (nSPS) is 10.8. The topological polar surface area (TPSA) is 76.2 Å². The summed E-state index contributed by atoms with van der Waals surface area (Å²) in [6.07, 6.45) is 3.18. The van der Waals surface area contributed by atoms with Crippen LogP contribution in [0.15, 0.2) is 29.0 Å². The Hall–Kier alpha value is -2.17. The van der Waals surface area contributed by atoms with Crippen LogP contribution in [0.1, 0.15) is 35.9 Å². The van der Waals surface area contributed by atoms with E-state index in [1.54, 1.807) is 24.5 Å². The van der Waals surface area contributed by atoms with Crippen LogP contribution in [0.4, 0.5) is 0 Å². The van der Waals surface area contributed by atoms with Gasteiger partial charge in [-0.1, -0.05) is 19.0 Å². The SMILES string of the molecule is CC(C)c1onc(-c2cccnc2)c1C(=O)O. The number of nitrogens with zero attached hydrogens (tertiary/aromatic N) is 2. The zero-order valence-corrected chi connectivity index (χ0v) is 9.54. The quantitative estimate of drug-likeness (QED) is 0.880. The van der Waals surface area contributed by atoms with E-state index in [2.05, 4.69) is 10.1 Å². The van der Waals surface area contributed by atoms with Gasteiger partial charge in [-0.3, -0.25) is 4.98 Å². The van der Waals surface area contributed by atoms with E-state index in [9.17, 15) is 9.90 Å². The first-order chi connectivity index (χ1) is 8.11. The molecule has 0 radical (unpaired) electrons. The Morgan fingerprint density at radius 1 is 1.47 bits per heavy atom. The average Bonchev–Trinajstić information content (AvgIpc) is 2.74. The maximum absolute atomic E-state index is 11.3. The molecule has 0 aliphatic rings. The number of rotatable bonds is 3. The minimum absolute atomic E-state index is 0.0287. The number of aromatic carboxylic acids is 1. The number of hydrogen-bond acceptors (Lipinski definition) is 4. The van der Waals surface area contributed by atoms with Crippen LogP contribution in [-0.4, -0.2) is 21.2 Å². The molecule has 1 N–H and O–H groups in total. The minimum atomic E-state index is -1.03. The van der Waals surface area contributed by atoms with Gasteiger partial charge in [-0.25, -0.2) is 4.79 Å². The van der Waals surface area contributed by atoms with Crippen molar-refractivity contribution in [2.45, 2.75) is 19.8 Å². The Morgan fingerprint density at radius 2 is 2.24 bits per heavy atom. The third-order valence-corrected chi connectivity index (χ3v) is 2.39. The van der Waals surface area contributed by atoms with Crippen LogP contribution < -0.4 is 0 Å². The minimum Gasteiger partial charge on any atom is -0.477 e. The second-order valence-electron chi connectivity index (χ2n) is 3.97. The van der Waals surface area contributed by atoms with E-state index in [0.29, 0.717) is 17.0 Å². The van der Waals surface area contributed by atoms with E-state index in [0.717, 1.165) is 0 Å². The molecule has 0 fully saturated rings. The van der Waals surface area contributed by atoms with Crippen molar-refractivity contribution < 1.29 is 14.4 Å². The molecular weight excluding hydrogens is 220 g/mol. The van der Waals surface area contributed by atoms with Crippen molar-refractivity contribution in [3.63, 3.8) is 0 Å². The van der Waals surface area contributed by atoms with Crippen LogP contribution in [0.25, 0.3) is 11.3 Å². The molecule has 0 amide bonds. The number of carboxylic acids is 1. The highest BCUT2D eigenvalue weighted by Crippen LogP contribution is 2.29. The molecule has 0 aliphatic carbocycles. The van der Waals surface area contributed by atoms with Crippen LogP contribution >= 0.6 is 0 Å². The molecule has 0 saturated heterocycles. The fourth-order valence-corrected chi connectivity index (χ4v) is 1.60. The lowest BCUT2D eigenvalue weighted by Gasteiger charge is -2.01. The molecule has 2 aromatic rings. The van der Waals surface area contributed by atoms with Crippen molar-refractivity contribution in [1.29, 1.82) is 0 Å². The highest BCUT2D eigenvalue weighted by Gasteiger charge is 2.25. The van der Waals surface area contributed by atoms with E-state index in [1.807, 2.05) is 13.8 Å². The van der Waals surface area contributed by atoms with E-state index in [4.69, 9.17) is 4.52 Å². The third-order valence-electron chi connectivity index (χ3n) is 2.39. The van der Waals surface area contributed by atoms with Gasteiger partial charge in [-0.2, -0.15) is 0 Å². The van der Waals surface area contributed by atoms with E-state index in [-0.39, 0.29) is 11.5 Å².